The number of aromatic nitrogens is 1. The maximum atomic E-state index is 12.6. The van der Waals surface area contributed by atoms with Crippen LogP contribution in [0.2, 0.25) is 0 Å². The third kappa shape index (κ3) is 4.93. The van der Waals surface area contributed by atoms with E-state index in [2.05, 4.69) is 15.2 Å². The fourth-order valence-corrected chi connectivity index (χ4v) is 4.05. The summed E-state index contributed by atoms with van der Waals surface area (Å²) in [5.74, 6) is 0.218. The first-order valence-electron chi connectivity index (χ1n) is 9.47. The Hall–Kier alpha value is -2.25. The average molecular weight is 385 g/mol. The lowest BCUT2D eigenvalue weighted by Crippen LogP contribution is -2.51. The third-order valence-electron chi connectivity index (χ3n) is 4.94. The molecule has 2 heterocycles. The number of nitrogens with zero attached hydrogens (tertiary/aromatic N) is 3. The Kier molecular flexibility index (Phi) is 5.50. The Balaban J connectivity index is 1.25. The highest BCUT2D eigenvalue weighted by molar-refractivity contribution is 7.13. The van der Waals surface area contributed by atoms with E-state index in [0.717, 1.165) is 42.2 Å². The molecule has 4 rings (SSSR count). The van der Waals surface area contributed by atoms with Gasteiger partial charge >= 0.3 is 0 Å². The second-order valence-electron chi connectivity index (χ2n) is 7.19. The fourth-order valence-electron chi connectivity index (χ4n) is 3.23. The SMILES string of the molecule is O=C(CN1CCN(C(=O)Cc2csc(-c3ccccc3)n2)CC1)NC1CC1. The average Bonchev–Trinajstić information content (AvgIpc) is 3.37. The maximum absolute atomic E-state index is 12.6. The van der Waals surface area contributed by atoms with E-state index in [1.807, 2.05) is 40.6 Å². The molecule has 0 unspecified atom stereocenters. The summed E-state index contributed by atoms with van der Waals surface area (Å²) in [6.45, 7) is 3.27. The number of piperazine rings is 1. The van der Waals surface area contributed by atoms with Crippen LogP contribution in [-0.2, 0) is 16.0 Å². The van der Waals surface area contributed by atoms with Gasteiger partial charge in [-0.1, -0.05) is 30.3 Å². The van der Waals surface area contributed by atoms with E-state index < -0.39 is 0 Å². The van der Waals surface area contributed by atoms with Crippen molar-refractivity contribution in [2.75, 3.05) is 32.7 Å². The lowest BCUT2D eigenvalue weighted by Gasteiger charge is -2.34. The number of hydrogen-bond donors (Lipinski definition) is 1. The number of amides is 2. The summed E-state index contributed by atoms with van der Waals surface area (Å²) in [6.07, 6.45) is 2.55. The van der Waals surface area contributed by atoms with Crippen LogP contribution in [-0.4, -0.2) is 65.4 Å². The van der Waals surface area contributed by atoms with Crippen LogP contribution in [0.25, 0.3) is 10.6 Å². The number of carbonyl (C=O) groups excluding carboxylic acids is 2. The molecule has 7 heteroatoms. The molecular formula is C20H24N4O2S. The Morgan fingerprint density at radius 2 is 1.85 bits per heavy atom. The van der Waals surface area contributed by atoms with Gasteiger partial charge in [0.15, 0.2) is 0 Å². The van der Waals surface area contributed by atoms with Crippen LogP contribution in [0.5, 0.6) is 0 Å². The van der Waals surface area contributed by atoms with Crippen molar-refractivity contribution < 1.29 is 9.59 Å². The number of nitrogens with one attached hydrogen (secondary N) is 1. The van der Waals surface area contributed by atoms with E-state index in [0.29, 0.717) is 32.1 Å². The quantitative estimate of drug-likeness (QED) is 0.825. The molecule has 0 atom stereocenters. The summed E-state index contributed by atoms with van der Waals surface area (Å²) in [4.78, 5) is 33.1. The molecule has 1 aromatic heterocycles. The number of hydrogen-bond acceptors (Lipinski definition) is 5. The smallest absolute Gasteiger partial charge is 0.234 e. The van der Waals surface area contributed by atoms with E-state index in [1.54, 1.807) is 11.3 Å². The van der Waals surface area contributed by atoms with Crippen molar-refractivity contribution in [2.24, 2.45) is 0 Å². The topological polar surface area (TPSA) is 65.5 Å². The normalized spacial score (nSPS) is 17.7. The molecule has 27 heavy (non-hydrogen) atoms. The van der Waals surface area contributed by atoms with Crippen molar-refractivity contribution in [3.05, 3.63) is 41.4 Å². The predicted octanol–water partition coefficient (Wildman–Crippen LogP) is 1.78. The summed E-state index contributed by atoms with van der Waals surface area (Å²) in [7, 11) is 0. The van der Waals surface area contributed by atoms with Crippen LogP contribution in [0.1, 0.15) is 18.5 Å². The standard InChI is InChI=1S/C20H24N4O2S/c25-18(21-16-6-7-16)13-23-8-10-24(11-9-23)19(26)12-17-14-27-20(22-17)15-4-2-1-3-5-15/h1-5,14,16H,6-13H2,(H,21,25). The second kappa shape index (κ2) is 8.19. The van der Waals surface area contributed by atoms with Crippen LogP contribution in [0.4, 0.5) is 0 Å². The van der Waals surface area contributed by atoms with Gasteiger partial charge < -0.3 is 10.2 Å². The molecule has 6 nitrogen and oxygen atoms in total. The summed E-state index contributed by atoms with van der Waals surface area (Å²) in [5.41, 5.74) is 1.91. The van der Waals surface area contributed by atoms with Crippen molar-refractivity contribution in [1.82, 2.24) is 20.1 Å². The van der Waals surface area contributed by atoms with Gasteiger partial charge in [0.1, 0.15) is 5.01 Å². The summed E-state index contributed by atoms with van der Waals surface area (Å²) in [6, 6.07) is 10.4. The largest absolute Gasteiger partial charge is 0.352 e. The van der Waals surface area contributed by atoms with E-state index in [1.165, 1.54) is 0 Å². The number of thiazole rings is 1. The van der Waals surface area contributed by atoms with Crippen molar-refractivity contribution in [1.29, 1.82) is 0 Å². The van der Waals surface area contributed by atoms with E-state index in [4.69, 9.17) is 0 Å². The predicted molar refractivity (Wildman–Crippen MR) is 105 cm³/mol. The van der Waals surface area contributed by atoms with Gasteiger partial charge in [0.25, 0.3) is 0 Å². The molecule has 2 aromatic rings. The van der Waals surface area contributed by atoms with Crippen molar-refractivity contribution in [3.63, 3.8) is 0 Å². The Morgan fingerprint density at radius 3 is 2.56 bits per heavy atom. The minimum absolute atomic E-state index is 0.105. The first kappa shape index (κ1) is 18.1. The number of carbonyl (C=O) groups is 2. The lowest BCUT2D eigenvalue weighted by atomic mass is 10.2. The highest BCUT2D eigenvalue weighted by Gasteiger charge is 2.26. The summed E-state index contributed by atoms with van der Waals surface area (Å²) < 4.78 is 0. The van der Waals surface area contributed by atoms with Crippen LogP contribution >= 0.6 is 11.3 Å². The zero-order chi connectivity index (χ0) is 18.6. The van der Waals surface area contributed by atoms with Gasteiger partial charge in [-0.3, -0.25) is 14.5 Å². The van der Waals surface area contributed by atoms with E-state index >= 15 is 0 Å². The Bertz CT molecular complexity index is 795. The van der Waals surface area contributed by atoms with Crippen LogP contribution in [0, 0.1) is 0 Å². The molecule has 142 valence electrons. The molecule has 1 N–H and O–H groups in total. The van der Waals surface area contributed by atoms with Gasteiger partial charge in [-0.2, -0.15) is 0 Å². The van der Waals surface area contributed by atoms with Crippen LogP contribution in [0.3, 0.4) is 0 Å². The van der Waals surface area contributed by atoms with Gasteiger partial charge in [0.2, 0.25) is 11.8 Å². The molecule has 1 aliphatic heterocycles. The van der Waals surface area contributed by atoms with Gasteiger partial charge in [-0.25, -0.2) is 4.98 Å². The highest BCUT2D eigenvalue weighted by Crippen LogP contribution is 2.23. The molecule has 1 aromatic carbocycles. The first-order chi connectivity index (χ1) is 13.2. The molecule has 2 fully saturated rings. The highest BCUT2D eigenvalue weighted by atomic mass is 32.1. The van der Waals surface area contributed by atoms with Gasteiger partial charge in [0, 0.05) is 43.2 Å². The second-order valence-corrected chi connectivity index (χ2v) is 8.04. The van der Waals surface area contributed by atoms with Gasteiger partial charge in [-0.05, 0) is 12.8 Å². The van der Waals surface area contributed by atoms with Crippen molar-refractivity contribution >= 4 is 23.2 Å². The zero-order valence-corrected chi connectivity index (χ0v) is 16.1. The van der Waals surface area contributed by atoms with E-state index in [9.17, 15) is 9.59 Å². The van der Waals surface area contributed by atoms with Crippen LogP contribution in [0.15, 0.2) is 35.7 Å². The number of rotatable bonds is 6. The summed E-state index contributed by atoms with van der Waals surface area (Å²) >= 11 is 1.57. The molecule has 0 radical (unpaired) electrons. The minimum Gasteiger partial charge on any atom is -0.352 e. The molecule has 2 amide bonds. The molecule has 0 bridgehead atoms. The van der Waals surface area contributed by atoms with Crippen molar-refractivity contribution in [3.8, 4) is 10.6 Å². The Morgan fingerprint density at radius 1 is 1.11 bits per heavy atom. The summed E-state index contributed by atoms with van der Waals surface area (Å²) in [5, 5.41) is 5.94. The minimum atomic E-state index is 0.105. The lowest BCUT2D eigenvalue weighted by molar-refractivity contribution is -0.132. The fraction of sp³-hybridized carbons (Fsp3) is 0.450. The maximum Gasteiger partial charge on any atom is 0.234 e. The Labute approximate surface area is 163 Å². The molecule has 1 saturated heterocycles. The van der Waals surface area contributed by atoms with Gasteiger partial charge in [-0.15, -0.1) is 11.3 Å². The molecule has 1 saturated carbocycles. The third-order valence-corrected chi connectivity index (χ3v) is 5.88. The first-order valence-corrected chi connectivity index (χ1v) is 10.3. The number of benzene rings is 1. The van der Waals surface area contributed by atoms with Crippen molar-refractivity contribution in [2.45, 2.75) is 25.3 Å². The van der Waals surface area contributed by atoms with E-state index in [-0.39, 0.29) is 11.8 Å². The zero-order valence-electron chi connectivity index (χ0n) is 15.3. The molecular weight excluding hydrogens is 360 g/mol. The molecule has 2 aliphatic rings. The molecule has 1 aliphatic carbocycles. The monoisotopic (exact) mass is 384 g/mol. The van der Waals surface area contributed by atoms with Crippen LogP contribution < -0.4 is 5.32 Å². The molecule has 0 spiro atoms. The van der Waals surface area contributed by atoms with Gasteiger partial charge in [0.05, 0.1) is 18.7 Å².